The molecule has 0 aromatic heterocycles. The lowest BCUT2D eigenvalue weighted by Gasteiger charge is -2.27. The van der Waals surface area contributed by atoms with Crippen molar-refractivity contribution in [2.45, 2.75) is 33.2 Å². The summed E-state index contributed by atoms with van der Waals surface area (Å²) in [5.41, 5.74) is 1.38. The highest BCUT2D eigenvalue weighted by atomic mass is 79.9. The Balaban J connectivity index is 3.08. The second kappa shape index (κ2) is 6.70. The lowest BCUT2D eigenvalue weighted by atomic mass is 10.1. The molecule has 0 bridgehead atoms. The molecule has 1 atom stereocenters. The normalized spacial score (nSPS) is 12.0. The van der Waals surface area contributed by atoms with Gasteiger partial charge >= 0.3 is 5.97 Å². The molecule has 5 heteroatoms. The number of carboxylic acids is 1. The molecule has 0 aliphatic heterocycles. The quantitative estimate of drug-likeness (QED) is 0.904. The summed E-state index contributed by atoms with van der Waals surface area (Å²) in [5.74, 6) is -1.23. The number of carbonyl (C=O) groups is 2. The maximum Gasteiger partial charge on any atom is 0.323 e. The predicted octanol–water partition coefficient (Wildman–Crippen LogP) is 3.08. The number of aliphatic carboxylic acids is 1. The monoisotopic (exact) mass is 327 g/mol. The number of rotatable bonds is 5. The number of nitrogens with zero attached hydrogens (tertiary/aromatic N) is 1. The number of benzene rings is 1. The molecule has 1 N–H and O–H groups in total. The van der Waals surface area contributed by atoms with Crippen LogP contribution in [0.3, 0.4) is 0 Å². The van der Waals surface area contributed by atoms with Gasteiger partial charge in [-0.3, -0.25) is 9.59 Å². The molecule has 0 radical (unpaired) electrons. The van der Waals surface area contributed by atoms with Crippen LogP contribution in [0.25, 0.3) is 0 Å². The zero-order valence-corrected chi connectivity index (χ0v) is 12.9. The van der Waals surface area contributed by atoms with Crippen molar-refractivity contribution in [3.8, 4) is 0 Å². The van der Waals surface area contributed by atoms with Crippen molar-refractivity contribution in [1.29, 1.82) is 0 Å². The topological polar surface area (TPSA) is 57.6 Å². The number of hydrogen-bond acceptors (Lipinski definition) is 2. The number of halogens is 1. The van der Waals surface area contributed by atoms with Crippen molar-refractivity contribution >= 4 is 27.8 Å². The second-order valence-electron chi connectivity index (χ2n) is 4.54. The molecule has 1 amide bonds. The van der Waals surface area contributed by atoms with E-state index < -0.39 is 5.97 Å². The van der Waals surface area contributed by atoms with E-state index in [9.17, 15) is 9.59 Å². The first kappa shape index (κ1) is 15.7. The van der Waals surface area contributed by atoms with Crippen LogP contribution in [0.5, 0.6) is 0 Å². The third-order valence-electron chi connectivity index (χ3n) is 3.11. The van der Waals surface area contributed by atoms with E-state index in [0.717, 1.165) is 10.0 Å². The van der Waals surface area contributed by atoms with E-state index in [4.69, 9.17) is 5.11 Å². The fourth-order valence-corrected chi connectivity index (χ4v) is 2.29. The summed E-state index contributed by atoms with van der Waals surface area (Å²) >= 11 is 3.35. The smallest absolute Gasteiger partial charge is 0.323 e. The van der Waals surface area contributed by atoms with E-state index in [0.29, 0.717) is 12.0 Å². The Bertz CT molecular complexity index is 488. The van der Waals surface area contributed by atoms with Gasteiger partial charge in [0.1, 0.15) is 6.54 Å². The third-order valence-corrected chi connectivity index (χ3v) is 3.60. The molecule has 0 saturated heterocycles. The second-order valence-corrected chi connectivity index (χ2v) is 5.46. The highest BCUT2D eigenvalue weighted by Gasteiger charge is 2.23. The first-order valence-electron chi connectivity index (χ1n) is 6.15. The van der Waals surface area contributed by atoms with Crippen LogP contribution < -0.4 is 0 Å². The molecule has 19 heavy (non-hydrogen) atoms. The number of amides is 1. The molecular formula is C14H18BrNO3. The largest absolute Gasteiger partial charge is 0.480 e. The molecule has 0 heterocycles. The highest BCUT2D eigenvalue weighted by molar-refractivity contribution is 9.10. The van der Waals surface area contributed by atoms with Gasteiger partial charge in [-0.05, 0) is 44.0 Å². The summed E-state index contributed by atoms with van der Waals surface area (Å²) in [6, 6.07) is 5.25. The van der Waals surface area contributed by atoms with Gasteiger partial charge in [0.2, 0.25) is 0 Å². The molecule has 0 aliphatic carbocycles. The van der Waals surface area contributed by atoms with Gasteiger partial charge in [0, 0.05) is 16.1 Å². The van der Waals surface area contributed by atoms with Crippen LogP contribution in [0.4, 0.5) is 0 Å². The van der Waals surface area contributed by atoms with Crippen molar-refractivity contribution < 1.29 is 14.7 Å². The highest BCUT2D eigenvalue weighted by Crippen LogP contribution is 2.19. The summed E-state index contributed by atoms with van der Waals surface area (Å²) in [4.78, 5) is 24.8. The summed E-state index contributed by atoms with van der Waals surface area (Å²) in [6.45, 7) is 5.35. The Morgan fingerprint density at radius 2 is 2.05 bits per heavy atom. The van der Waals surface area contributed by atoms with Crippen LogP contribution in [-0.4, -0.2) is 34.5 Å². The number of carboxylic acid groups (broad SMARTS) is 1. The molecule has 1 aromatic rings. The molecule has 1 rings (SSSR count). The average Bonchev–Trinajstić information content (AvgIpc) is 2.34. The van der Waals surface area contributed by atoms with Crippen molar-refractivity contribution in [2.24, 2.45) is 0 Å². The lowest BCUT2D eigenvalue weighted by Crippen LogP contribution is -2.42. The van der Waals surface area contributed by atoms with Crippen LogP contribution >= 0.6 is 15.9 Å². The molecule has 0 spiro atoms. The van der Waals surface area contributed by atoms with Crippen LogP contribution in [0.2, 0.25) is 0 Å². The molecule has 0 aliphatic rings. The zero-order chi connectivity index (χ0) is 14.6. The van der Waals surface area contributed by atoms with Gasteiger partial charge in [0.15, 0.2) is 0 Å². The molecule has 0 saturated carbocycles. The molecule has 1 aromatic carbocycles. The van der Waals surface area contributed by atoms with E-state index in [1.54, 1.807) is 12.1 Å². The summed E-state index contributed by atoms with van der Waals surface area (Å²) in [6.07, 6.45) is 0.717. The van der Waals surface area contributed by atoms with E-state index >= 15 is 0 Å². The van der Waals surface area contributed by atoms with Crippen molar-refractivity contribution in [1.82, 2.24) is 4.90 Å². The summed E-state index contributed by atoms with van der Waals surface area (Å²) in [7, 11) is 0. The first-order valence-corrected chi connectivity index (χ1v) is 6.95. The van der Waals surface area contributed by atoms with E-state index in [-0.39, 0.29) is 18.5 Å². The van der Waals surface area contributed by atoms with Crippen LogP contribution in [0.1, 0.15) is 36.2 Å². The fraction of sp³-hybridized carbons (Fsp3) is 0.429. The Morgan fingerprint density at radius 1 is 1.42 bits per heavy atom. The molecule has 104 valence electrons. The maximum absolute atomic E-state index is 12.5. The molecule has 0 fully saturated rings. The van der Waals surface area contributed by atoms with Gasteiger partial charge in [0.05, 0.1) is 0 Å². The van der Waals surface area contributed by atoms with Crippen molar-refractivity contribution in [3.63, 3.8) is 0 Å². The van der Waals surface area contributed by atoms with E-state index in [1.807, 2.05) is 26.8 Å². The Kier molecular flexibility index (Phi) is 5.54. The number of aryl methyl sites for hydroxylation is 1. The standard InChI is InChI=1S/C14H18BrNO3/c1-4-10(3)16(8-13(17)18)14(19)12-6-5-11(15)7-9(12)2/h5-7,10H,4,8H2,1-3H3,(H,17,18). The average molecular weight is 328 g/mol. The Labute approximate surface area is 121 Å². The molecule has 4 nitrogen and oxygen atoms in total. The SMILES string of the molecule is CCC(C)N(CC(=O)O)C(=O)c1ccc(Br)cc1C. The van der Waals surface area contributed by atoms with Crippen molar-refractivity contribution in [3.05, 3.63) is 33.8 Å². The maximum atomic E-state index is 12.5. The first-order chi connectivity index (χ1) is 8.86. The Hall–Kier alpha value is -1.36. The number of hydrogen-bond donors (Lipinski definition) is 1. The lowest BCUT2D eigenvalue weighted by molar-refractivity contribution is -0.138. The van der Waals surface area contributed by atoms with Crippen LogP contribution in [0, 0.1) is 6.92 Å². The van der Waals surface area contributed by atoms with Gasteiger partial charge in [-0.2, -0.15) is 0 Å². The predicted molar refractivity (Wildman–Crippen MR) is 77.3 cm³/mol. The van der Waals surface area contributed by atoms with E-state index in [1.165, 1.54) is 4.90 Å². The van der Waals surface area contributed by atoms with Gasteiger partial charge in [-0.1, -0.05) is 22.9 Å². The third kappa shape index (κ3) is 4.06. The summed E-state index contributed by atoms with van der Waals surface area (Å²) < 4.78 is 0.898. The summed E-state index contributed by atoms with van der Waals surface area (Å²) in [5, 5.41) is 8.94. The van der Waals surface area contributed by atoms with E-state index in [2.05, 4.69) is 15.9 Å². The molecule has 1 unspecified atom stereocenters. The fourth-order valence-electron chi connectivity index (χ4n) is 1.82. The van der Waals surface area contributed by atoms with Gasteiger partial charge in [-0.15, -0.1) is 0 Å². The number of carbonyl (C=O) groups excluding carboxylic acids is 1. The van der Waals surface area contributed by atoms with Crippen LogP contribution in [0.15, 0.2) is 22.7 Å². The molecular weight excluding hydrogens is 310 g/mol. The zero-order valence-electron chi connectivity index (χ0n) is 11.3. The van der Waals surface area contributed by atoms with Gasteiger partial charge < -0.3 is 10.0 Å². The van der Waals surface area contributed by atoms with Gasteiger partial charge in [0.25, 0.3) is 5.91 Å². The van der Waals surface area contributed by atoms with Gasteiger partial charge in [-0.25, -0.2) is 0 Å². The minimum absolute atomic E-state index is 0.105. The van der Waals surface area contributed by atoms with Crippen molar-refractivity contribution in [2.75, 3.05) is 6.54 Å². The van der Waals surface area contributed by atoms with Crippen LogP contribution in [-0.2, 0) is 4.79 Å². The minimum Gasteiger partial charge on any atom is -0.480 e. The minimum atomic E-state index is -0.997. The Morgan fingerprint density at radius 3 is 2.53 bits per heavy atom.